The minimum Gasteiger partial charge on any atom is -0.475 e. The summed E-state index contributed by atoms with van der Waals surface area (Å²) in [5.74, 6) is -0.679. The van der Waals surface area contributed by atoms with Crippen LogP contribution in [0.25, 0.3) is 0 Å². The highest BCUT2D eigenvalue weighted by Gasteiger charge is 2.32. The lowest BCUT2D eigenvalue weighted by molar-refractivity contribution is -0.148. The molecule has 0 amide bonds. The zero-order valence-electron chi connectivity index (χ0n) is 12.2. The molecule has 0 bridgehead atoms. The summed E-state index contributed by atoms with van der Waals surface area (Å²) in [5.41, 5.74) is 1.33. The maximum atomic E-state index is 13.5. The first-order valence-electron chi connectivity index (χ1n) is 6.84. The Labute approximate surface area is 136 Å². The van der Waals surface area contributed by atoms with Crippen LogP contribution in [-0.2, 0) is 16.1 Å². The second kappa shape index (κ2) is 6.37. The smallest absolute Gasteiger partial charge is 0.348 e. The van der Waals surface area contributed by atoms with Crippen molar-refractivity contribution in [1.82, 2.24) is 10.2 Å². The van der Waals surface area contributed by atoms with E-state index in [1.165, 1.54) is 19.2 Å². The Bertz CT molecular complexity index is 726. The maximum absolute atomic E-state index is 13.5. The number of methoxy groups -OCH3 is 1. The van der Waals surface area contributed by atoms with Crippen LogP contribution in [0, 0.1) is 5.82 Å². The number of benzene rings is 1. The summed E-state index contributed by atoms with van der Waals surface area (Å²) >= 11 is 5.73. The lowest BCUT2D eigenvalue weighted by Crippen LogP contribution is -2.44. The third kappa shape index (κ3) is 3.34. The first-order valence-corrected chi connectivity index (χ1v) is 7.21. The zero-order valence-corrected chi connectivity index (χ0v) is 13.0. The Kier molecular flexibility index (Phi) is 4.29. The van der Waals surface area contributed by atoms with Crippen LogP contribution in [0.3, 0.4) is 0 Å². The van der Waals surface area contributed by atoms with Gasteiger partial charge in [-0.1, -0.05) is 11.6 Å². The van der Waals surface area contributed by atoms with Crippen LogP contribution in [-0.4, -0.2) is 35.9 Å². The molecule has 0 radical (unpaired) electrons. The molecule has 0 fully saturated rings. The molecular weight excluding hydrogens is 325 g/mol. The number of rotatable bonds is 3. The number of hydrogen-bond donors (Lipinski definition) is 0. The van der Waals surface area contributed by atoms with Gasteiger partial charge in [0.15, 0.2) is 5.15 Å². The van der Waals surface area contributed by atoms with Crippen LogP contribution in [0.1, 0.15) is 5.69 Å². The lowest BCUT2D eigenvalue weighted by atomic mass is 10.1. The van der Waals surface area contributed by atoms with Crippen molar-refractivity contribution in [3.05, 3.63) is 47.0 Å². The Morgan fingerprint density at radius 1 is 1.43 bits per heavy atom. The van der Waals surface area contributed by atoms with E-state index in [1.54, 1.807) is 18.2 Å². The predicted molar refractivity (Wildman–Crippen MR) is 80.9 cm³/mol. The Balaban J connectivity index is 1.91. The number of aromatic nitrogens is 2. The molecule has 1 aliphatic rings. The molecule has 2 aromatic rings. The maximum Gasteiger partial charge on any atom is 0.348 e. The van der Waals surface area contributed by atoms with Gasteiger partial charge in [-0.15, -0.1) is 5.10 Å². The molecule has 1 aromatic carbocycles. The average molecular weight is 338 g/mol. The third-order valence-corrected chi connectivity index (χ3v) is 3.62. The van der Waals surface area contributed by atoms with Crippen molar-refractivity contribution in [3.8, 4) is 5.75 Å². The summed E-state index contributed by atoms with van der Waals surface area (Å²) in [6, 6.07) is 7.54. The van der Waals surface area contributed by atoms with Crippen molar-refractivity contribution in [2.75, 3.05) is 18.6 Å². The second-order valence-electron chi connectivity index (χ2n) is 4.97. The molecule has 1 atom stereocenters. The minimum absolute atomic E-state index is 0.260. The molecule has 8 heteroatoms. The highest BCUT2D eigenvalue weighted by Crippen LogP contribution is 2.35. The van der Waals surface area contributed by atoms with Gasteiger partial charge in [-0.05, 0) is 24.3 Å². The summed E-state index contributed by atoms with van der Waals surface area (Å²) in [4.78, 5) is 13.7. The fourth-order valence-electron chi connectivity index (χ4n) is 2.36. The molecule has 120 valence electrons. The number of carbonyl (C=O) groups excluding carboxylic acids is 1. The topological polar surface area (TPSA) is 64.5 Å². The number of ether oxygens (including phenoxy) is 2. The molecule has 3 rings (SSSR count). The predicted octanol–water partition coefficient (Wildman–Crippen LogP) is 2.21. The number of halogens is 2. The molecule has 0 saturated heterocycles. The van der Waals surface area contributed by atoms with Crippen LogP contribution in [0.5, 0.6) is 5.75 Å². The molecule has 1 aromatic heterocycles. The summed E-state index contributed by atoms with van der Waals surface area (Å²) in [6.45, 7) is 0.634. The van der Waals surface area contributed by atoms with E-state index in [0.29, 0.717) is 23.1 Å². The fraction of sp³-hybridized carbons (Fsp3) is 0.267. The van der Waals surface area contributed by atoms with Crippen LogP contribution < -0.4 is 9.64 Å². The Hall–Kier alpha value is -2.41. The van der Waals surface area contributed by atoms with Gasteiger partial charge in [0.2, 0.25) is 6.10 Å². The molecule has 0 spiro atoms. The number of fused-ring (bicyclic) bond motifs is 1. The van der Waals surface area contributed by atoms with Gasteiger partial charge in [0.05, 0.1) is 31.6 Å². The molecule has 1 aliphatic heterocycles. The Morgan fingerprint density at radius 2 is 2.26 bits per heavy atom. The van der Waals surface area contributed by atoms with Crippen LogP contribution in [0.4, 0.5) is 10.1 Å². The molecular formula is C15H13ClFN3O3. The average Bonchev–Trinajstić information content (AvgIpc) is 2.55. The Morgan fingerprint density at radius 3 is 2.96 bits per heavy atom. The standard InChI is InChI=1S/C15H13ClFN3O3/c1-22-15(21)13-8-20(7-10-3-5-14(16)19-18-10)11-4-2-9(17)6-12(11)23-13/h2-6,13H,7-8H2,1H3. The summed E-state index contributed by atoms with van der Waals surface area (Å²) in [5, 5.41) is 8.09. The molecule has 0 saturated carbocycles. The van der Waals surface area contributed by atoms with Crippen molar-refractivity contribution in [2.45, 2.75) is 12.6 Å². The second-order valence-corrected chi connectivity index (χ2v) is 5.36. The lowest BCUT2D eigenvalue weighted by Gasteiger charge is -2.34. The van der Waals surface area contributed by atoms with Gasteiger partial charge in [0.1, 0.15) is 11.6 Å². The van der Waals surface area contributed by atoms with Crippen molar-refractivity contribution in [2.24, 2.45) is 0 Å². The number of hydrogen-bond acceptors (Lipinski definition) is 6. The third-order valence-electron chi connectivity index (χ3n) is 3.42. The van der Waals surface area contributed by atoms with Crippen LogP contribution in [0.2, 0.25) is 5.15 Å². The molecule has 0 aliphatic carbocycles. The van der Waals surface area contributed by atoms with Gasteiger partial charge in [0.25, 0.3) is 0 Å². The highest BCUT2D eigenvalue weighted by atomic mass is 35.5. The zero-order chi connectivity index (χ0) is 16.4. The largest absolute Gasteiger partial charge is 0.475 e. The van der Waals surface area contributed by atoms with E-state index in [2.05, 4.69) is 10.2 Å². The van der Waals surface area contributed by atoms with E-state index in [1.807, 2.05) is 4.90 Å². The van der Waals surface area contributed by atoms with E-state index >= 15 is 0 Å². The summed E-state index contributed by atoms with van der Waals surface area (Å²) in [7, 11) is 1.28. The van der Waals surface area contributed by atoms with Gasteiger partial charge in [-0.3, -0.25) is 0 Å². The van der Waals surface area contributed by atoms with Crippen molar-refractivity contribution in [1.29, 1.82) is 0 Å². The van der Waals surface area contributed by atoms with Gasteiger partial charge in [-0.25, -0.2) is 9.18 Å². The summed E-state index contributed by atoms with van der Waals surface area (Å²) < 4.78 is 23.7. The van der Waals surface area contributed by atoms with Crippen molar-refractivity contribution < 1.29 is 18.7 Å². The number of nitrogens with zero attached hydrogens (tertiary/aromatic N) is 3. The monoisotopic (exact) mass is 337 g/mol. The quantitative estimate of drug-likeness (QED) is 0.800. The van der Waals surface area contributed by atoms with E-state index in [9.17, 15) is 9.18 Å². The molecule has 0 N–H and O–H groups in total. The number of esters is 1. The van der Waals surface area contributed by atoms with Crippen molar-refractivity contribution in [3.63, 3.8) is 0 Å². The number of anilines is 1. The van der Waals surface area contributed by atoms with E-state index < -0.39 is 17.9 Å². The van der Waals surface area contributed by atoms with Gasteiger partial charge in [-0.2, -0.15) is 5.10 Å². The molecule has 1 unspecified atom stereocenters. The SMILES string of the molecule is COC(=O)C1CN(Cc2ccc(Cl)nn2)c2ccc(F)cc2O1. The first kappa shape index (κ1) is 15.5. The van der Waals surface area contributed by atoms with Crippen molar-refractivity contribution >= 4 is 23.3 Å². The summed E-state index contributed by atoms with van der Waals surface area (Å²) in [6.07, 6.45) is -0.838. The normalized spacial score (nSPS) is 16.5. The number of carbonyl (C=O) groups is 1. The van der Waals surface area contributed by atoms with E-state index in [4.69, 9.17) is 21.1 Å². The van der Waals surface area contributed by atoms with Crippen LogP contribution in [0.15, 0.2) is 30.3 Å². The van der Waals surface area contributed by atoms with Gasteiger partial charge in [0, 0.05) is 6.07 Å². The van der Waals surface area contributed by atoms with Crippen LogP contribution >= 0.6 is 11.6 Å². The van der Waals surface area contributed by atoms with E-state index in [-0.39, 0.29) is 12.3 Å². The minimum atomic E-state index is -0.838. The molecule has 2 heterocycles. The van der Waals surface area contributed by atoms with Gasteiger partial charge >= 0.3 is 5.97 Å². The molecule has 23 heavy (non-hydrogen) atoms. The highest BCUT2D eigenvalue weighted by molar-refractivity contribution is 6.29. The first-order chi connectivity index (χ1) is 11.1. The fourth-order valence-corrected chi connectivity index (χ4v) is 2.46. The molecule has 6 nitrogen and oxygen atoms in total. The van der Waals surface area contributed by atoms with Gasteiger partial charge < -0.3 is 14.4 Å². The van der Waals surface area contributed by atoms with E-state index in [0.717, 1.165) is 0 Å².